The van der Waals surface area contributed by atoms with Crippen LogP contribution in [0.25, 0.3) is 0 Å². The molecule has 1 rings (SSSR count). The van der Waals surface area contributed by atoms with E-state index in [9.17, 15) is 0 Å². The Kier molecular flexibility index (Phi) is 11.2. The first-order valence-electron chi connectivity index (χ1n) is 8.84. The molecule has 0 amide bonds. The van der Waals surface area contributed by atoms with Gasteiger partial charge in [-0.25, -0.2) is 0 Å². The fraction of sp³-hybridized carbons (Fsp3) is 1.00. The lowest BCUT2D eigenvalue weighted by Crippen LogP contribution is -2.23. The molecule has 113 valence electrons. The van der Waals surface area contributed by atoms with E-state index in [1.54, 1.807) is 0 Å². The highest BCUT2D eigenvalue weighted by atomic mass is 28.3. The second-order valence-electron chi connectivity index (χ2n) is 6.27. The van der Waals surface area contributed by atoms with Gasteiger partial charge in [-0.1, -0.05) is 84.5 Å². The van der Waals surface area contributed by atoms with Crippen molar-refractivity contribution in [1.82, 2.24) is 0 Å². The standard InChI is InChI=1S/C16H35OSi2/c1-3-5-14-19(15-6-4-2)17-18-16-12-10-8-7-9-11-13-16/h16H,3-15,18H2,1-2H3. The Morgan fingerprint density at radius 2 is 1.42 bits per heavy atom. The molecule has 1 radical (unpaired) electrons. The molecule has 0 atom stereocenters. The van der Waals surface area contributed by atoms with Gasteiger partial charge in [-0.3, -0.25) is 0 Å². The first-order valence-corrected chi connectivity index (χ1v) is 12.1. The van der Waals surface area contributed by atoms with E-state index < -0.39 is 9.04 Å². The van der Waals surface area contributed by atoms with Gasteiger partial charge < -0.3 is 4.12 Å². The van der Waals surface area contributed by atoms with E-state index in [0.717, 1.165) is 5.54 Å². The van der Waals surface area contributed by atoms with Gasteiger partial charge in [0.1, 0.15) is 9.76 Å². The molecule has 1 aliphatic carbocycles. The van der Waals surface area contributed by atoms with Gasteiger partial charge in [-0.05, 0) is 17.6 Å². The summed E-state index contributed by atoms with van der Waals surface area (Å²) in [6.07, 6.45) is 15.9. The lowest BCUT2D eigenvalue weighted by Gasteiger charge is -2.22. The molecule has 0 N–H and O–H groups in total. The molecule has 1 aliphatic rings. The molecule has 0 spiro atoms. The van der Waals surface area contributed by atoms with Gasteiger partial charge >= 0.3 is 0 Å². The van der Waals surface area contributed by atoms with Crippen LogP contribution in [0.5, 0.6) is 0 Å². The van der Waals surface area contributed by atoms with Crippen molar-refractivity contribution in [2.24, 2.45) is 0 Å². The van der Waals surface area contributed by atoms with Gasteiger partial charge in [0.15, 0.2) is 9.04 Å². The lowest BCUT2D eigenvalue weighted by molar-refractivity contribution is 0.474. The zero-order valence-corrected chi connectivity index (χ0v) is 15.8. The van der Waals surface area contributed by atoms with Crippen molar-refractivity contribution < 1.29 is 4.12 Å². The van der Waals surface area contributed by atoms with Gasteiger partial charge in [0.2, 0.25) is 0 Å². The van der Waals surface area contributed by atoms with Gasteiger partial charge in [-0.15, -0.1) is 0 Å². The zero-order valence-electron chi connectivity index (χ0n) is 13.4. The van der Waals surface area contributed by atoms with Crippen LogP contribution in [0.2, 0.25) is 17.6 Å². The van der Waals surface area contributed by atoms with Crippen LogP contribution in [0, 0.1) is 0 Å². The first kappa shape index (κ1) is 17.4. The predicted octanol–water partition coefficient (Wildman–Crippen LogP) is 5.21. The van der Waals surface area contributed by atoms with Crippen molar-refractivity contribution in [2.45, 2.75) is 102 Å². The van der Waals surface area contributed by atoms with Crippen LogP contribution in [0.3, 0.4) is 0 Å². The fourth-order valence-corrected chi connectivity index (χ4v) is 8.66. The molecule has 0 saturated heterocycles. The number of hydrogen-bond acceptors (Lipinski definition) is 1. The summed E-state index contributed by atoms with van der Waals surface area (Å²) in [7, 11) is -0.658. The average molecular weight is 300 g/mol. The van der Waals surface area contributed by atoms with E-state index in [1.165, 1.54) is 82.7 Å². The molecule has 0 aromatic carbocycles. The van der Waals surface area contributed by atoms with Crippen molar-refractivity contribution in [2.75, 3.05) is 0 Å². The molecule has 3 heteroatoms. The molecule has 1 fully saturated rings. The highest BCUT2D eigenvalue weighted by Crippen LogP contribution is 2.26. The van der Waals surface area contributed by atoms with Crippen LogP contribution in [0.4, 0.5) is 0 Å². The molecule has 0 bridgehead atoms. The second kappa shape index (κ2) is 12.2. The molecule has 19 heavy (non-hydrogen) atoms. The molecular formula is C16H35OSi2. The molecule has 0 unspecified atom stereocenters. The van der Waals surface area contributed by atoms with Gasteiger partial charge in [0, 0.05) is 0 Å². The molecular weight excluding hydrogens is 264 g/mol. The van der Waals surface area contributed by atoms with E-state index in [2.05, 4.69) is 13.8 Å². The summed E-state index contributed by atoms with van der Waals surface area (Å²) in [5, 5.41) is 0. The van der Waals surface area contributed by atoms with E-state index in [-0.39, 0.29) is 9.76 Å². The molecule has 0 aliphatic heterocycles. The van der Waals surface area contributed by atoms with Gasteiger partial charge in [0.05, 0.1) is 0 Å². The van der Waals surface area contributed by atoms with Crippen molar-refractivity contribution in [1.29, 1.82) is 0 Å². The van der Waals surface area contributed by atoms with Crippen LogP contribution in [-0.4, -0.2) is 18.8 Å². The highest BCUT2D eigenvalue weighted by Gasteiger charge is 2.17. The Balaban J connectivity index is 2.22. The van der Waals surface area contributed by atoms with E-state index in [1.807, 2.05) is 0 Å². The summed E-state index contributed by atoms with van der Waals surface area (Å²) >= 11 is 0. The Hall–Kier alpha value is 0.394. The third-order valence-electron chi connectivity index (χ3n) is 4.37. The maximum Gasteiger partial charge on any atom is 0.197 e. The van der Waals surface area contributed by atoms with Gasteiger partial charge in [0.25, 0.3) is 0 Å². The summed E-state index contributed by atoms with van der Waals surface area (Å²) in [6.45, 7) is 4.62. The van der Waals surface area contributed by atoms with Crippen molar-refractivity contribution in [3.8, 4) is 0 Å². The maximum absolute atomic E-state index is 6.52. The quantitative estimate of drug-likeness (QED) is 0.531. The lowest BCUT2D eigenvalue weighted by atomic mass is 10.0. The van der Waals surface area contributed by atoms with Crippen LogP contribution < -0.4 is 0 Å². The summed E-state index contributed by atoms with van der Waals surface area (Å²) in [4.78, 5) is 0. The normalized spacial score (nSPS) is 19.1. The van der Waals surface area contributed by atoms with Crippen LogP contribution in [0.15, 0.2) is 0 Å². The van der Waals surface area contributed by atoms with Crippen LogP contribution in [-0.2, 0) is 4.12 Å². The van der Waals surface area contributed by atoms with Gasteiger partial charge in [-0.2, -0.15) is 0 Å². The molecule has 1 nitrogen and oxygen atoms in total. The number of hydrogen-bond donors (Lipinski definition) is 0. The van der Waals surface area contributed by atoms with E-state index in [0.29, 0.717) is 0 Å². The average Bonchev–Trinajstić information content (AvgIpc) is 2.39. The highest BCUT2D eigenvalue weighted by molar-refractivity contribution is 6.58. The minimum absolute atomic E-state index is 0.230. The third kappa shape index (κ3) is 9.03. The largest absolute Gasteiger partial charge is 0.460 e. The third-order valence-corrected chi connectivity index (χ3v) is 9.78. The molecule has 0 heterocycles. The minimum atomic E-state index is -0.428. The van der Waals surface area contributed by atoms with Crippen molar-refractivity contribution >= 4 is 18.8 Å². The summed E-state index contributed by atoms with van der Waals surface area (Å²) in [5.74, 6) is 0. The van der Waals surface area contributed by atoms with Crippen LogP contribution in [0.1, 0.15) is 84.5 Å². The summed E-state index contributed by atoms with van der Waals surface area (Å²) < 4.78 is 6.52. The monoisotopic (exact) mass is 299 g/mol. The molecule has 0 aromatic rings. The molecule has 0 aromatic heterocycles. The Morgan fingerprint density at radius 1 is 0.895 bits per heavy atom. The zero-order chi connectivity index (χ0) is 13.8. The Labute approximate surface area is 125 Å². The second-order valence-corrected chi connectivity index (χ2v) is 11.0. The topological polar surface area (TPSA) is 9.23 Å². The number of unbranched alkanes of at least 4 members (excludes halogenated alkanes) is 2. The fourth-order valence-electron chi connectivity index (χ4n) is 2.96. The predicted molar refractivity (Wildman–Crippen MR) is 90.9 cm³/mol. The molecule has 1 saturated carbocycles. The Morgan fingerprint density at radius 3 is 1.95 bits per heavy atom. The maximum atomic E-state index is 6.52. The minimum Gasteiger partial charge on any atom is -0.460 e. The Bertz CT molecular complexity index is 183. The van der Waals surface area contributed by atoms with Crippen LogP contribution >= 0.6 is 0 Å². The number of rotatable bonds is 9. The van der Waals surface area contributed by atoms with Crippen molar-refractivity contribution in [3.63, 3.8) is 0 Å². The van der Waals surface area contributed by atoms with E-state index >= 15 is 0 Å². The smallest absolute Gasteiger partial charge is 0.197 e. The van der Waals surface area contributed by atoms with E-state index in [4.69, 9.17) is 4.12 Å². The summed E-state index contributed by atoms with van der Waals surface area (Å²) in [6, 6.07) is 2.84. The summed E-state index contributed by atoms with van der Waals surface area (Å²) in [5.41, 5.74) is 1.02. The SMILES string of the molecule is CCCC[Si](CCCC)O[SiH2]C1CCCCCCC1. The van der Waals surface area contributed by atoms with Crippen molar-refractivity contribution in [3.05, 3.63) is 0 Å². The first-order chi connectivity index (χ1) is 9.36.